The van der Waals surface area contributed by atoms with Crippen molar-refractivity contribution in [1.29, 1.82) is 0 Å². The summed E-state index contributed by atoms with van der Waals surface area (Å²) in [4.78, 5) is 24.0. The van der Waals surface area contributed by atoms with Crippen LogP contribution in [0.2, 0.25) is 5.02 Å². The number of anilines is 2. The van der Waals surface area contributed by atoms with Crippen molar-refractivity contribution in [2.75, 3.05) is 11.1 Å². The molecule has 0 aliphatic rings. The summed E-state index contributed by atoms with van der Waals surface area (Å²) in [6, 6.07) is 12.3. The molecule has 2 amide bonds. The Kier molecular flexibility index (Phi) is 5.82. The second kappa shape index (κ2) is 7.84. The molecule has 0 spiro atoms. The maximum Gasteiger partial charge on any atom is 0.313 e. The van der Waals surface area contributed by atoms with Gasteiger partial charge in [0.1, 0.15) is 0 Å². The summed E-state index contributed by atoms with van der Waals surface area (Å²) in [5.41, 5.74) is 8.56. The van der Waals surface area contributed by atoms with E-state index in [2.05, 4.69) is 17.6 Å². The molecular formula is C18H20ClN3O2. The molecule has 4 N–H and O–H groups in total. The fourth-order valence-electron chi connectivity index (χ4n) is 2.20. The predicted octanol–water partition coefficient (Wildman–Crippen LogP) is 3.30. The molecule has 126 valence electrons. The lowest BCUT2D eigenvalue weighted by atomic mass is 10.1. The van der Waals surface area contributed by atoms with Gasteiger partial charge in [0.2, 0.25) is 0 Å². The number of halogens is 1. The van der Waals surface area contributed by atoms with Crippen molar-refractivity contribution in [1.82, 2.24) is 5.32 Å². The molecule has 0 saturated carbocycles. The Morgan fingerprint density at radius 2 is 1.79 bits per heavy atom. The zero-order valence-corrected chi connectivity index (χ0v) is 14.4. The Hall–Kier alpha value is -2.53. The molecule has 0 heterocycles. The number of nitrogen functional groups attached to an aromatic ring is 1. The van der Waals surface area contributed by atoms with Crippen LogP contribution in [-0.2, 0) is 16.0 Å². The van der Waals surface area contributed by atoms with Crippen LogP contribution < -0.4 is 16.4 Å². The SMILES string of the molecule is CCc1ccc(C(C)NC(=O)C(=O)Nc2ccc(N)cc2Cl)cc1. The highest BCUT2D eigenvalue weighted by Gasteiger charge is 2.18. The number of rotatable bonds is 4. The molecule has 0 aromatic heterocycles. The van der Waals surface area contributed by atoms with Gasteiger partial charge in [0.05, 0.1) is 16.8 Å². The number of nitrogens with two attached hydrogens (primary N) is 1. The number of aryl methyl sites for hydroxylation is 1. The van der Waals surface area contributed by atoms with E-state index in [4.69, 9.17) is 17.3 Å². The van der Waals surface area contributed by atoms with Crippen molar-refractivity contribution in [2.24, 2.45) is 0 Å². The first-order chi connectivity index (χ1) is 11.4. The van der Waals surface area contributed by atoms with Gasteiger partial charge in [0, 0.05) is 5.69 Å². The minimum Gasteiger partial charge on any atom is -0.399 e. The lowest BCUT2D eigenvalue weighted by Crippen LogP contribution is -2.37. The van der Waals surface area contributed by atoms with Crippen molar-refractivity contribution in [3.8, 4) is 0 Å². The standard InChI is InChI=1S/C18H20ClN3O2/c1-3-12-4-6-13(7-5-12)11(2)21-17(23)18(24)22-16-9-8-14(20)10-15(16)19/h4-11H,3,20H2,1-2H3,(H,21,23)(H,22,24). The summed E-state index contributed by atoms with van der Waals surface area (Å²) in [5.74, 6) is -1.51. The van der Waals surface area contributed by atoms with Crippen LogP contribution in [-0.4, -0.2) is 11.8 Å². The molecule has 0 saturated heterocycles. The minimum atomic E-state index is -0.779. The maximum atomic E-state index is 12.0. The zero-order chi connectivity index (χ0) is 17.7. The Balaban J connectivity index is 1.98. The summed E-state index contributed by atoms with van der Waals surface area (Å²) < 4.78 is 0. The van der Waals surface area contributed by atoms with E-state index in [1.165, 1.54) is 11.6 Å². The van der Waals surface area contributed by atoms with Crippen molar-refractivity contribution >= 4 is 34.8 Å². The van der Waals surface area contributed by atoms with Crippen molar-refractivity contribution < 1.29 is 9.59 Å². The van der Waals surface area contributed by atoms with Crippen molar-refractivity contribution in [2.45, 2.75) is 26.3 Å². The summed E-state index contributed by atoms with van der Waals surface area (Å²) in [6.45, 7) is 3.90. The first kappa shape index (κ1) is 17.8. The first-order valence-electron chi connectivity index (χ1n) is 7.66. The summed E-state index contributed by atoms with van der Waals surface area (Å²) in [5, 5.41) is 5.42. The highest BCUT2D eigenvalue weighted by atomic mass is 35.5. The van der Waals surface area contributed by atoms with E-state index in [0.29, 0.717) is 11.4 Å². The summed E-state index contributed by atoms with van der Waals surface area (Å²) in [6.07, 6.45) is 0.950. The Bertz CT molecular complexity index is 744. The number of amides is 2. The van der Waals surface area contributed by atoms with E-state index >= 15 is 0 Å². The number of nitrogens with one attached hydrogen (secondary N) is 2. The second-order valence-corrected chi connectivity index (χ2v) is 5.89. The van der Waals surface area contributed by atoms with E-state index in [0.717, 1.165) is 12.0 Å². The quantitative estimate of drug-likeness (QED) is 0.587. The lowest BCUT2D eigenvalue weighted by molar-refractivity contribution is -0.136. The fourth-order valence-corrected chi connectivity index (χ4v) is 2.44. The third-order valence-electron chi connectivity index (χ3n) is 3.68. The molecule has 2 rings (SSSR count). The molecular weight excluding hydrogens is 326 g/mol. The molecule has 0 fully saturated rings. The third-order valence-corrected chi connectivity index (χ3v) is 4.00. The van der Waals surface area contributed by atoms with Crippen LogP contribution in [0.1, 0.15) is 31.0 Å². The van der Waals surface area contributed by atoms with Gasteiger partial charge in [-0.2, -0.15) is 0 Å². The number of hydrogen-bond acceptors (Lipinski definition) is 3. The van der Waals surface area contributed by atoms with Gasteiger partial charge in [-0.05, 0) is 42.7 Å². The molecule has 6 heteroatoms. The van der Waals surface area contributed by atoms with Crippen LogP contribution in [0.25, 0.3) is 0 Å². The molecule has 2 aromatic rings. The summed E-state index contributed by atoms with van der Waals surface area (Å²) in [7, 11) is 0. The zero-order valence-electron chi connectivity index (χ0n) is 13.6. The minimum absolute atomic E-state index is 0.277. The number of carbonyl (C=O) groups excluding carboxylic acids is 2. The Morgan fingerprint density at radius 1 is 1.12 bits per heavy atom. The lowest BCUT2D eigenvalue weighted by Gasteiger charge is -2.15. The molecule has 1 unspecified atom stereocenters. The molecule has 2 aromatic carbocycles. The monoisotopic (exact) mass is 345 g/mol. The predicted molar refractivity (Wildman–Crippen MR) is 96.9 cm³/mol. The molecule has 0 bridgehead atoms. The van der Waals surface area contributed by atoms with E-state index < -0.39 is 11.8 Å². The molecule has 24 heavy (non-hydrogen) atoms. The van der Waals surface area contributed by atoms with Gasteiger partial charge >= 0.3 is 11.8 Å². The van der Waals surface area contributed by atoms with Crippen LogP contribution in [0.15, 0.2) is 42.5 Å². The van der Waals surface area contributed by atoms with Crippen LogP contribution in [0.3, 0.4) is 0 Å². The average Bonchev–Trinajstić information content (AvgIpc) is 2.57. The maximum absolute atomic E-state index is 12.0. The first-order valence-corrected chi connectivity index (χ1v) is 8.04. The molecule has 0 radical (unpaired) electrons. The van der Waals surface area contributed by atoms with Crippen molar-refractivity contribution in [3.63, 3.8) is 0 Å². The van der Waals surface area contributed by atoms with Gasteiger partial charge < -0.3 is 16.4 Å². The molecule has 1 atom stereocenters. The molecule has 0 aliphatic heterocycles. The normalized spacial score (nSPS) is 11.6. The Morgan fingerprint density at radius 3 is 2.38 bits per heavy atom. The van der Waals surface area contributed by atoms with Crippen LogP contribution in [0, 0.1) is 0 Å². The van der Waals surface area contributed by atoms with Crippen LogP contribution >= 0.6 is 11.6 Å². The fraction of sp³-hybridized carbons (Fsp3) is 0.222. The molecule has 5 nitrogen and oxygen atoms in total. The largest absolute Gasteiger partial charge is 0.399 e. The van der Waals surface area contributed by atoms with E-state index in [9.17, 15) is 9.59 Å². The van der Waals surface area contributed by atoms with Gasteiger partial charge in [-0.3, -0.25) is 9.59 Å². The van der Waals surface area contributed by atoms with E-state index in [1.54, 1.807) is 12.1 Å². The summed E-state index contributed by atoms with van der Waals surface area (Å²) >= 11 is 5.98. The number of benzene rings is 2. The molecule has 0 aliphatic carbocycles. The van der Waals surface area contributed by atoms with Crippen LogP contribution in [0.5, 0.6) is 0 Å². The van der Waals surface area contributed by atoms with Gasteiger partial charge in [-0.1, -0.05) is 42.8 Å². The average molecular weight is 346 g/mol. The van der Waals surface area contributed by atoms with Crippen molar-refractivity contribution in [3.05, 3.63) is 58.6 Å². The smallest absolute Gasteiger partial charge is 0.313 e. The van der Waals surface area contributed by atoms with Crippen LogP contribution in [0.4, 0.5) is 11.4 Å². The number of carbonyl (C=O) groups is 2. The van der Waals surface area contributed by atoms with Gasteiger partial charge in [-0.15, -0.1) is 0 Å². The second-order valence-electron chi connectivity index (χ2n) is 5.48. The van der Waals surface area contributed by atoms with Gasteiger partial charge in [0.25, 0.3) is 0 Å². The highest BCUT2D eigenvalue weighted by molar-refractivity contribution is 6.41. The third kappa shape index (κ3) is 4.49. The highest BCUT2D eigenvalue weighted by Crippen LogP contribution is 2.24. The number of hydrogen-bond donors (Lipinski definition) is 3. The topological polar surface area (TPSA) is 84.2 Å². The van der Waals surface area contributed by atoms with E-state index in [1.807, 2.05) is 31.2 Å². The van der Waals surface area contributed by atoms with E-state index in [-0.39, 0.29) is 11.1 Å². The van der Waals surface area contributed by atoms with Gasteiger partial charge in [-0.25, -0.2) is 0 Å². The van der Waals surface area contributed by atoms with Gasteiger partial charge in [0.15, 0.2) is 0 Å². The Labute approximate surface area is 146 Å².